The Hall–Kier alpha value is -3.40. The van der Waals surface area contributed by atoms with Crippen LogP contribution in [0.15, 0.2) is 72.8 Å². The number of hydrogen-bond donors (Lipinski definition) is 1. The molecule has 1 heterocycles. The highest BCUT2D eigenvalue weighted by Crippen LogP contribution is 2.27. The lowest BCUT2D eigenvalue weighted by molar-refractivity contribution is 0.102. The maximum absolute atomic E-state index is 13.0. The Labute approximate surface area is 163 Å². The molecule has 4 rings (SSSR count). The van der Waals surface area contributed by atoms with Crippen molar-refractivity contribution in [2.75, 3.05) is 5.32 Å². The van der Waals surface area contributed by atoms with Gasteiger partial charge in [0.2, 0.25) is 0 Å². The number of anilines is 1. The molecule has 28 heavy (non-hydrogen) atoms. The molecular formula is C24H21FN2O. The molecule has 1 amide bonds. The number of aromatic nitrogens is 1. The fourth-order valence-electron chi connectivity index (χ4n) is 3.50. The summed E-state index contributed by atoms with van der Waals surface area (Å²) in [7, 11) is 0. The second kappa shape index (κ2) is 7.31. The van der Waals surface area contributed by atoms with Gasteiger partial charge in [-0.25, -0.2) is 4.39 Å². The van der Waals surface area contributed by atoms with E-state index in [1.54, 1.807) is 12.1 Å². The summed E-state index contributed by atoms with van der Waals surface area (Å²) in [5, 5.41) is 3.89. The lowest BCUT2D eigenvalue weighted by atomic mass is 10.1. The number of halogens is 1. The minimum atomic E-state index is -0.328. The Bertz CT molecular complexity index is 1140. The number of rotatable bonds is 4. The van der Waals surface area contributed by atoms with Gasteiger partial charge in [-0.3, -0.25) is 4.79 Å². The number of carbonyl (C=O) groups is 1. The number of benzene rings is 3. The molecule has 1 aromatic heterocycles. The van der Waals surface area contributed by atoms with E-state index in [1.165, 1.54) is 29.0 Å². The summed E-state index contributed by atoms with van der Waals surface area (Å²) in [6, 6.07) is 21.9. The van der Waals surface area contributed by atoms with Gasteiger partial charge in [-0.2, -0.15) is 0 Å². The maximum atomic E-state index is 13.0. The van der Waals surface area contributed by atoms with Crippen LogP contribution in [0.25, 0.3) is 10.9 Å². The van der Waals surface area contributed by atoms with Crippen molar-refractivity contribution in [3.63, 3.8) is 0 Å². The second-order valence-electron chi connectivity index (χ2n) is 6.98. The van der Waals surface area contributed by atoms with Gasteiger partial charge >= 0.3 is 0 Å². The molecule has 0 saturated carbocycles. The molecule has 0 aliphatic rings. The number of nitrogens with one attached hydrogen (secondary N) is 1. The summed E-state index contributed by atoms with van der Waals surface area (Å²) in [6.07, 6.45) is 0. The molecular weight excluding hydrogens is 351 g/mol. The van der Waals surface area contributed by atoms with E-state index in [-0.39, 0.29) is 11.7 Å². The van der Waals surface area contributed by atoms with Gasteiger partial charge in [-0.1, -0.05) is 30.3 Å². The van der Waals surface area contributed by atoms with Gasteiger partial charge in [0, 0.05) is 34.4 Å². The lowest BCUT2D eigenvalue weighted by Gasteiger charge is -2.09. The standard InChI is InChI=1S/C24H21FN2O/c1-16-17(2)27(15-18-6-4-3-5-7-18)23-13-8-19(14-22(16)23)24(28)26-21-11-9-20(25)10-12-21/h3-14H,15H2,1-2H3,(H,26,28). The van der Waals surface area contributed by atoms with Crippen molar-refractivity contribution in [3.8, 4) is 0 Å². The fourth-order valence-corrected chi connectivity index (χ4v) is 3.50. The first-order valence-electron chi connectivity index (χ1n) is 9.23. The normalized spacial score (nSPS) is 11.0. The highest BCUT2D eigenvalue weighted by molar-refractivity contribution is 6.06. The minimum absolute atomic E-state index is 0.207. The molecule has 0 fully saturated rings. The van der Waals surface area contributed by atoms with Gasteiger partial charge in [-0.05, 0) is 67.4 Å². The zero-order valence-corrected chi connectivity index (χ0v) is 15.9. The Morgan fingerprint density at radius 2 is 1.68 bits per heavy atom. The summed E-state index contributed by atoms with van der Waals surface area (Å²) in [5.41, 5.74) is 5.85. The molecule has 0 spiro atoms. The van der Waals surface area contributed by atoms with Crippen LogP contribution >= 0.6 is 0 Å². The maximum Gasteiger partial charge on any atom is 0.255 e. The number of fused-ring (bicyclic) bond motifs is 1. The molecule has 1 N–H and O–H groups in total. The van der Waals surface area contributed by atoms with Crippen molar-refractivity contribution < 1.29 is 9.18 Å². The summed E-state index contributed by atoms with van der Waals surface area (Å²) >= 11 is 0. The zero-order valence-electron chi connectivity index (χ0n) is 15.9. The van der Waals surface area contributed by atoms with Crippen molar-refractivity contribution in [3.05, 3.63) is 101 Å². The summed E-state index contributed by atoms with van der Waals surface area (Å²) < 4.78 is 15.3. The van der Waals surface area contributed by atoms with Gasteiger partial charge in [0.05, 0.1) is 0 Å². The SMILES string of the molecule is Cc1c(C)n(Cc2ccccc2)c2ccc(C(=O)Nc3ccc(F)cc3)cc12. The average molecular weight is 372 g/mol. The predicted molar refractivity (Wildman–Crippen MR) is 111 cm³/mol. The van der Waals surface area contributed by atoms with Crippen LogP contribution in [-0.4, -0.2) is 10.5 Å². The van der Waals surface area contributed by atoms with Crippen molar-refractivity contribution >= 4 is 22.5 Å². The first-order chi connectivity index (χ1) is 13.5. The van der Waals surface area contributed by atoms with Crippen molar-refractivity contribution in [2.24, 2.45) is 0 Å². The molecule has 3 aromatic carbocycles. The number of aryl methyl sites for hydroxylation is 1. The molecule has 140 valence electrons. The van der Waals surface area contributed by atoms with E-state index in [1.807, 2.05) is 36.4 Å². The summed E-state index contributed by atoms with van der Waals surface area (Å²) in [5.74, 6) is -0.536. The third-order valence-corrected chi connectivity index (χ3v) is 5.19. The summed E-state index contributed by atoms with van der Waals surface area (Å²) in [6.45, 7) is 4.98. The van der Waals surface area contributed by atoms with E-state index in [0.29, 0.717) is 11.3 Å². The fraction of sp³-hybridized carbons (Fsp3) is 0.125. The van der Waals surface area contributed by atoms with Gasteiger partial charge < -0.3 is 9.88 Å². The Morgan fingerprint density at radius 1 is 0.964 bits per heavy atom. The van der Waals surface area contributed by atoms with E-state index in [0.717, 1.165) is 17.4 Å². The Kier molecular flexibility index (Phi) is 4.70. The topological polar surface area (TPSA) is 34.0 Å². The van der Waals surface area contributed by atoms with E-state index < -0.39 is 0 Å². The molecule has 0 unspecified atom stereocenters. The average Bonchev–Trinajstić information content (AvgIpc) is 2.95. The molecule has 0 aliphatic heterocycles. The molecule has 0 aliphatic carbocycles. The first kappa shape index (κ1) is 18.0. The van der Waals surface area contributed by atoms with Crippen molar-refractivity contribution in [1.29, 1.82) is 0 Å². The second-order valence-corrected chi connectivity index (χ2v) is 6.98. The minimum Gasteiger partial charge on any atom is -0.340 e. The van der Waals surface area contributed by atoms with Crippen LogP contribution in [-0.2, 0) is 6.54 Å². The van der Waals surface area contributed by atoms with Crippen LogP contribution in [0.5, 0.6) is 0 Å². The van der Waals surface area contributed by atoms with E-state index in [9.17, 15) is 9.18 Å². The molecule has 0 atom stereocenters. The number of amides is 1. The quantitative estimate of drug-likeness (QED) is 0.490. The molecule has 0 bridgehead atoms. The highest BCUT2D eigenvalue weighted by Gasteiger charge is 2.14. The van der Waals surface area contributed by atoms with E-state index in [2.05, 4.69) is 35.9 Å². The molecule has 3 nitrogen and oxygen atoms in total. The van der Waals surface area contributed by atoms with Gasteiger partial charge in [0.25, 0.3) is 5.91 Å². The van der Waals surface area contributed by atoms with Gasteiger partial charge in [0.1, 0.15) is 5.82 Å². The largest absolute Gasteiger partial charge is 0.340 e. The van der Waals surface area contributed by atoms with Crippen LogP contribution in [0, 0.1) is 19.7 Å². The van der Waals surface area contributed by atoms with E-state index in [4.69, 9.17) is 0 Å². The van der Waals surface area contributed by atoms with Gasteiger partial charge in [0.15, 0.2) is 0 Å². The number of hydrogen-bond acceptors (Lipinski definition) is 1. The lowest BCUT2D eigenvalue weighted by Crippen LogP contribution is -2.11. The van der Waals surface area contributed by atoms with Crippen molar-refractivity contribution in [1.82, 2.24) is 4.57 Å². The van der Waals surface area contributed by atoms with E-state index >= 15 is 0 Å². The number of carbonyl (C=O) groups excluding carboxylic acids is 1. The number of nitrogens with zero attached hydrogens (tertiary/aromatic N) is 1. The predicted octanol–water partition coefficient (Wildman–Crippen LogP) is 5.70. The Balaban J connectivity index is 1.66. The van der Waals surface area contributed by atoms with Crippen LogP contribution in [0.2, 0.25) is 0 Å². The van der Waals surface area contributed by atoms with Crippen LogP contribution in [0.3, 0.4) is 0 Å². The molecule has 4 aromatic rings. The van der Waals surface area contributed by atoms with Crippen LogP contribution < -0.4 is 5.32 Å². The first-order valence-corrected chi connectivity index (χ1v) is 9.23. The molecule has 4 heteroatoms. The molecule has 0 saturated heterocycles. The third kappa shape index (κ3) is 3.41. The third-order valence-electron chi connectivity index (χ3n) is 5.19. The van der Waals surface area contributed by atoms with Crippen molar-refractivity contribution in [2.45, 2.75) is 20.4 Å². The Morgan fingerprint density at radius 3 is 2.39 bits per heavy atom. The smallest absolute Gasteiger partial charge is 0.255 e. The van der Waals surface area contributed by atoms with Crippen LogP contribution in [0.1, 0.15) is 27.2 Å². The highest BCUT2D eigenvalue weighted by atomic mass is 19.1. The molecule has 0 radical (unpaired) electrons. The van der Waals surface area contributed by atoms with Crippen LogP contribution in [0.4, 0.5) is 10.1 Å². The monoisotopic (exact) mass is 372 g/mol. The summed E-state index contributed by atoms with van der Waals surface area (Å²) in [4.78, 5) is 12.6. The zero-order chi connectivity index (χ0) is 19.7. The van der Waals surface area contributed by atoms with Gasteiger partial charge in [-0.15, -0.1) is 0 Å².